The first-order valence-corrected chi connectivity index (χ1v) is 4.76. The first-order valence-electron chi connectivity index (χ1n) is 3.95. The van der Waals surface area contributed by atoms with E-state index in [-0.39, 0.29) is 11.1 Å². The Labute approximate surface area is 84.9 Å². The fourth-order valence-electron chi connectivity index (χ4n) is 1.02. The number of hydrogen-bond donors (Lipinski definition) is 1. The van der Waals surface area contributed by atoms with Gasteiger partial charge >= 0.3 is 0 Å². The Morgan fingerprint density at radius 1 is 1.43 bits per heavy atom. The standard InChI is InChI=1S/C9H7N3OS/c10-9-12-8(13)7(14-9)5-6-3-1-2-4-11-6/h1-5H,(H2,10,12,13). The number of carbonyl (C=O) groups excluding carboxylic acids is 1. The molecule has 4 nitrogen and oxygen atoms in total. The number of pyridine rings is 1. The third-order valence-corrected chi connectivity index (χ3v) is 2.42. The molecule has 0 aliphatic carbocycles. The van der Waals surface area contributed by atoms with Crippen molar-refractivity contribution in [3.63, 3.8) is 0 Å². The smallest absolute Gasteiger partial charge is 0.286 e. The number of aromatic nitrogens is 1. The Kier molecular flexibility index (Phi) is 2.32. The normalized spacial score (nSPS) is 18.7. The molecule has 1 aliphatic heterocycles. The number of rotatable bonds is 1. The van der Waals surface area contributed by atoms with Gasteiger partial charge in [0.25, 0.3) is 5.91 Å². The van der Waals surface area contributed by atoms with E-state index in [9.17, 15) is 4.79 Å². The van der Waals surface area contributed by atoms with E-state index in [0.29, 0.717) is 4.91 Å². The number of amides is 1. The second-order valence-corrected chi connectivity index (χ2v) is 3.68. The van der Waals surface area contributed by atoms with E-state index >= 15 is 0 Å². The highest BCUT2D eigenvalue weighted by Crippen LogP contribution is 2.25. The summed E-state index contributed by atoms with van der Waals surface area (Å²) in [6.45, 7) is 0. The Bertz CT molecular complexity index is 425. The van der Waals surface area contributed by atoms with Crippen LogP contribution < -0.4 is 5.73 Å². The fraction of sp³-hybridized carbons (Fsp3) is 0. The lowest BCUT2D eigenvalue weighted by Crippen LogP contribution is -2.01. The summed E-state index contributed by atoms with van der Waals surface area (Å²) in [6, 6.07) is 5.49. The molecule has 0 radical (unpaired) electrons. The van der Waals surface area contributed by atoms with Crippen molar-refractivity contribution in [3.8, 4) is 0 Å². The van der Waals surface area contributed by atoms with Gasteiger partial charge in [0.15, 0.2) is 5.17 Å². The first-order chi connectivity index (χ1) is 6.75. The van der Waals surface area contributed by atoms with Crippen LogP contribution in [0.25, 0.3) is 6.08 Å². The predicted octanol–water partition coefficient (Wildman–Crippen LogP) is 1.01. The van der Waals surface area contributed by atoms with Crippen molar-refractivity contribution in [1.82, 2.24) is 4.98 Å². The van der Waals surface area contributed by atoms with Crippen molar-refractivity contribution < 1.29 is 4.79 Å². The highest BCUT2D eigenvalue weighted by Gasteiger charge is 2.19. The van der Waals surface area contributed by atoms with Gasteiger partial charge in [0.05, 0.1) is 10.6 Å². The van der Waals surface area contributed by atoms with Crippen molar-refractivity contribution in [1.29, 1.82) is 0 Å². The van der Waals surface area contributed by atoms with Crippen molar-refractivity contribution in [3.05, 3.63) is 35.0 Å². The molecule has 70 valence electrons. The van der Waals surface area contributed by atoms with Crippen LogP contribution in [0.5, 0.6) is 0 Å². The molecule has 2 heterocycles. The fourth-order valence-corrected chi connectivity index (χ4v) is 1.69. The molecule has 2 N–H and O–H groups in total. The van der Waals surface area contributed by atoms with Gasteiger partial charge < -0.3 is 5.73 Å². The molecule has 0 fully saturated rings. The van der Waals surface area contributed by atoms with Gasteiger partial charge in [-0.2, -0.15) is 4.99 Å². The van der Waals surface area contributed by atoms with Gasteiger partial charge in [-0.15, -0.1) is 0 Å². The van der Waals surface area contributed by atoms with E-state index in [1.807, 2.05) is 18.2 Å². The molecular weight excluding hydrogens is 198 g/mol. The molecule has 1 aromatic rings. The quantitative estimate of drug-likeness (QED) is 0.695. The summed E-state index contributed by atoms with van der Waals surface area (Å²) in [7, 11) is 0. The molecule has 2 rings (SSSR count). The second kappa shape index (κ2) is 3.63. The van der Waals surface area contributed by atoms with Crippen LogP contribution in [-0.4, -0.2) is 16.1 Å². The molecule has 0 unspecified atom stereocenters. The highest BCUT2D eigenvalue weighted by molar-refractivity contribution is 8.18. The lowest BCUT2D eigenvalue weighted by Gasteiger charge is -1.93. The molecule has 1 amide bonds. The van der Waals surface area contributed by atoms with Gasteiger partial charge in [-0.1, -0.05) is 6.07 Å². The van der Waals surface area contributed by atoms with Crippen LogP contribution in [0.1, 0.15) is 5.69 Å². The Hall–Kier alpha value is -1.62. The Morgan fingerprint density at radius 3 is 2.86 bits per heavy atom. The van der Waals surface area contributed by atoms with Gasteiger partial charge in [0, 0.05) is 6.20 Å². The van der Waals surface area contributed by atoms with Crippen LogP contribution in [0.2, 0.25) is 0 Å². The minimum Gasteiger partial charge on any atom is -0.378 e. The summed E-state index contributed by atoms with van der Waals surface area (Å²) in [4.78, 5) is 19.4. The zero-order valence-electron chi connectivity index (χ0n) is 7.18. The number of nitrogens with zero attached hydrogens (tertiary/aromatic N) is 2. The lowest BCUT2D eigenvalue weighted by atomic mass is 10.3. The van der Waals surface area contributed by atoms with Crippen LogP contribution in [0.4, 0.5) is 0 Å². The number of carbonyl (C=O) groups is 1. The van der Waals surface area contributed by atoms with Crippen molar-refractivity contribution in [2.45, 2.75) is 0 Å². The van der Waals surface area contributed by atoms with E-state index in [1.165, 1.54) is 11.8 Å². The monoisotopic (exact) mass is 205 g/mol. The average molecular weight is 205 g/mol. The minimum atomic E-state index is -0.293. The van der Waals surface area contributed by atoms with E-state index < -0.39 is 0 Å². The molecular formula is C9H7N3OS. The zero-order chi connectivity index (χ0) is 9.97. The van der Waals surface area contributed by atoms with E-state index in [2.05, 4.69) is 9.98 Å². The summed E-state index contributed by atoms with van der Waals surface area (Å²) in [5.74, 6) is -0.293. The molecule has 0 aromatic carbocycles. The van der Waals surface area contributed by atoms with E-state index in [4.69, 9.17) is 5.73 Å². The van der Waals surface area contributed by atoms with E-state index in [0.717, 1.165) is 5.69 Å². The average Bonchev–Trinajstić information content (AvgIpc) is 2.47. The van der Waals surface area contributed by atoms with E-state index in [1.54, 1.807) is 12.3 Å². The van der Waals surface area contributed by atoms with Crippen LogP contribution in [0.3, 0.4) is 0 Å². The minimum absolute atomic E-state index is 0.289. The molecule has 0 saturated carbocycles. The summed E-state index contributed by atoms with van der Waals surface area (Å²) in [6.07, 6.45) is 3.34. The van der Waals surface area contributed by atoms with Gasteiger partial charge in [0.1, 0.15) is 0 Å². The van der Waals surface area contributed by atoms with Crippen LogP contribution in [0, 0.1) is 0 Å². The summed E-state index contributed by atoms with van der Waals surface area (Å²) < 4.78 is 0. The van der Waals surface area contributed by atoms with Gasteiger partial charge in [-0.3, -0.25) is 9.78 Å². The maximum atomic E-state index is 11.2. The molecule has 0 spiro atoms. The maximum absolute atomic E-state index is 11.2. The van der Waals surface area contributed by atoms with Crippen LogP contribution in [0.15, 0.2) is 34.3 Å². The summed E-state index contributed by atoms with van der Waals surface area (Å²) >= 11 is 1.17. The number of aliphatic imine (C=N–C) groups is 1. The van der Waals surface area contributed by atoms with Crippen molar-refractivity contribution >= 4 is 28.9 Å². The summed E-state index contributed by atoms with van der Waals surface area (Å²) in [5.41, 5.74) is 6.13. The second-order valence-electron chi connectivity index (χ2n) is 2.62. The highest BCUT2D eigenvalue weighted by atomic mass is 32.2. The topological polar surface area (TPSA) is 68.3 Å². The van der Waals surface area contributed by atoms with Gasteiger partial charge in [-0.05, 0) is 30.0 Å². The maximum Gasteiger partial charge on any atom is 0.286 e. The largest absolute Gasteiger partial charge is 0.378 e. The summed E-state index contributed by atoms with van der Waals surface area (Å²) in [5, 5.41) is 0.289. The lowest BCUT2D eigenvalue weighted by molar-refractivity contribution is -0.113. The van der Waals surface area contributed by atoms with Crippen LogP contribution >= 0.6 is 11.8 Å². The van der Waals surface area contributed by atoms with Crippen molar-refractivity contribution in [2.24, 2.45) is 10.7 Å². The molecule has 0 saturated heterocycles. The van der Waals surface area contributed by atoms with Gasteiger partial charge in [-0.25, -0.2) is 0 Å². The molecule has 1 aromatic heterocycles. The number of amidine groups is 1. The number of thioether (sulfide) groups is 1. The molecule has 5 heteroatoms. The molecule has 0 bridgehead atoms. The third-order valence-electron chi connectivity index (χ3n) is 1.60. The first kappa shape index (κ1) is 8.96. The predicted molar refractivity (Wildman–Crippen MR) is 56.4 cm³/mol. The number of nitrogens with two attached hydrogens (primary N) is 1. The molecule has 0 atom stereocenters. The SMILES string of the molecule is NC1=NC(=O)C(=Cc2ccccn2)S1. The molecule has 1 aliphatic rings. The third kappa shape index (κ3) is 1.82. The van der Waals surface area contributed by atoms with Crippen molar-refractivity contribution in [2.75, 3.05) is 0 Å². The Balaban J connectivity index is 2.26. The van der Waals surface area contributed by atoms with Gasteiger partial charge in [0.2, 0.25) is 0 Å². The number of hydrogen-bond acceptors (Lipinski definition) is 4. The zero-order valence-corrected chi connectivity index (χ0v) is 7.99. The van der Waals surface area contributed by atoms with Crippen LogP contribution in [-0.2, 0) is 4.79 Å². The Morgan fingerprint density at radius 2 is 2.29 bits per heavy atom. The molecule has 14 heavy (non-hydrogen) atoms.